The van der Waals surface area contributed by atoms with Crippen molar-refractivity contribution in [1.29, 1.82) is 0 Å². The number of unbranched alkanes of at least 4 members (excludes halogenated alkanes) is 6. The van der Waals surface area contributed by atoms with E-state index in [4.69, 9.17) is 23.8 Å². The highest BCUT2D eigenvalue weighted by Crippen LogP contribution is 2.43. The molecule has 17 heteroatoms. The van der Waals surface area contributed by atoms with E-state index in [1.807, 2.05) is 43.4 Å². The third kappa shape index (κ3) is 37.7. The number of ether oxygens (including phenoxy) is 2. The lowest BCUT2D eigenvalue weighted by Crippen LogP contribution is -2.30. The smallest absolute Gasteiger partial charge is 0.462 e. The second-order valence-electron chi connectivity index (χ2n) is 13.8. The summed E-state index contributed by atoms with van der Waals surface area (Å²) in [7, 11) is -9.74. The van der Waals surface area contributed by atoms with Crippen molar-refractivity contribution < 1.29 is 71.8 Å². The molecule has 0 amide bonds. The first-order chi connectivity index (χ1) is 27.6. The maximum atomic E-state index is 12.6. The van der Waals surface area contributed by atoms with Crippen LogP contribution in [0.4, 0.5) is 0 Å². The molecule has 0 aliphatic heterocycles. The summed E-state index contributed by atoms with van der Waals surface area (Å²) in [4.78, 5) is 52.5. The molecule has 6 atom stereocenters. The van der Waals surface area contributed by atoms with Crippen molar-refractivity contribution in [2.45, 2.75) is 141 Å². The summed E-state index contributed by atoms with van der Waals surface area (Å²) >= 11 is 0. The fourth-order valence-corrected chi connectivity index (χ4v) is 5.98. The van der Waals surface area contributed by atoms with Crippen LogP contribution in [0.3, 0.4) is 0 Å². The molecular weight excluding hydrogens is 794 g/mol. The SMILES string of the molecule is CC/C=C\C[C@@H](O)/C=C/C=C\C/C=C\C=C\[C@@H](O)/C=C\CCCC(=O)OC[C@H](COP(=O)(O)OC[C@@H](O)COP(=O)(O)O)OC(=O)CCCCCCCCC(C)CC. The van der Waals surface area contributed by atoms with E-state index in [1.165, 1.54) is 19.3 Å². The topological polar surface area (TPSA) is 236 Å². The highest BCUT2D eigenvalue weighted by molar-refractivity contribution is 7.47. The van der Waals surface area contributed by atoms with Gasteiger partial charge in [0.15, 0.2) is 6.10 Å². The average molecular weight is 865 g/mol. The maximum Gasteiger partial charge on any atom is 0.472 e. The molecule has 0 aromatic carbocycles. The first-order valence-electron chi connectivity index (χ1n) is 20.3. The molecule has 0 aromatic heterocycles. The molecule has 0 radical (unpaired) electrons. The van der Waals surface area contributed by atoms with E-state index < -0.39 is 78.4 Å². The minimum absolute atomic E-state index is 0.00560. The van der Waals surface area contributed by atoms with Crippen molar-refractivity contribution in [3.8, 4) is 0 Å². The largest absolute Gasteiger partial charge is 0.472 e. The van der Waals surface area contributed by atoms with Crippen LogP contribution < -0.4 is 0 Å². The molecule has 0 bridgehead atoms. The molecule has 334 valence electrons. The number of carbonyl (C=O) groups excluding carboxylic acids is 2. The highest BCUT2D eigenvalue weighted by Gasteiger charge is 2.28. The van der Waals surface area contributed by atoms with Gasteiger partial charge in [0.25, 0.3) is 0 Å². The molecule has 0 heterocycles. The standard InChI is InChI=1S/C41H70O15P2/c1-4-6-17-25-36(42)26-19-13-8-7-9-14-20-27-37(43)28-21-16-23-29-40(45)52-33-39(34-55-58(50,51)54-32-38(44)31-53-57(47,48)49)56-41(46)30-22-15-11-10-12-18-24-35(3)5-2/h6,8-9,13-14,17,19-21,26-28,35-39,42-44H,4-5,7,10-12,15-16,18,22-25,29-34H2,1-3H3,(H,50,51)(H2,47,48,49)/b13-8-,14-9-,17-6-,26-19+,27-20+,28-21-/t35?,36-,37-,38+,39-/m1/s1. The lowest BCUT2D eigenvalue weighted by Gasteiger charge is -2.20. The lowest BCUT2D eigenvalue weighted by molar-refractivity contribution is -0.161. The van der Waals surface area contributed by atoms with Crippen LogP contribution in [0.5, 0.6) is 0 Å². The maximum absolute atomic E-state index is 12.6. The second-order valence-corrected chi connectivity index (χ2v) is 16.5. The molecule has 0 aliphatic rings. The average Bonchev–Trinajstić information content (AvgIpc) is 3.17. The van der Waals surface area contributed by atoms with Crippen molar-refractivity contribution in [2.75, 3.05) is 26.4 Å². The monoisotopic (exact) mass is 864 g/mol. The van der Waals surface area contributed by atoms with E-state index in [0.29, 0.717) is 32.1 Å². The quantitative estimate of drug-likeness (QED) is 0.0117. The number of phosphoric acid groups is 2. The number of carbonyl (C=O) groups is 2. The van der Waals surface area contributed by atoms with Gasteiger partial charge in [0.05, 0.1) is 32.0 Å². The van der Waals surface area contributed by atoms with Gasteiger partial charge in [-0.25, -0.2) is 9.13 Å². The predicted molar refractivity (Wildman–Crippen MR) is 223 cm³/mol. The Kier molecular flexibility index (Phi) is 33.7. The summed E-state index contributed by atoms with van der Waals surface area (Å²) in [5.41, 5.74) is 0. The number of hydrogen-bond acceptors (Lipinski definition) is 12. The number of hydrogen-bond donors (Lipinski definition) is 6. The van der Waals surface area contributed by atoms with Crippen molar-refractivity contribution >= 4 is 27.6 Å². The Labute approximate surface area is 345 Å². The molecule has 0 saturated heterocycles. The third-order valence-corrected chi connectivity index (χ3v) is 9.75. The van der Waals surface area contributed by atoms with Gasteiger partial charge < -0.3 is 39.5 Å². The van der Waals surface area contributed by atoms with Crippen molar-refractivity contribution in [2.24, 2.45) is 5.92 Å². The molecule has 6 N–H and O–H groups in total. The first kappa shape index (κ1) is 55.5. The molecule has 0 saturated carbocycles. The fraction of sp³-hybridized carbons (Fsp3) is 0.659. The zero-order chi connectivity index (χ0) is 43.5. The van der Waals surface area contributed by atoms with E-state index in [1.54, 1.807) is 36.5 Å². The zero-order valence-corrected chi connectivity index (χ0v) is 36.3. The second kappa shape index (κ2) is 35.3. The molecule has 0 spiro atoms. The number of rotatable bonds is 36. The molecule has 15 nitrogen and oxygen atoms in total. The van der Waals surface area contributed by atoms with Crippen LogP contribution >= 0.6 is 15.6 Å². The minimum Gasteiger partial charge on any atom is -0.462 e. The van der Waals surface area contributed by atoms with Gasteiger partial charge >= 0.3 is 27.6 Å². The molecule has 0 rings (SSSR count). The van der Waals surface area contributed by atoms with Gasteiger partial charge in [-0.3, -0.25) is 23.2 Å². The molecule has 0 aliphatic carbocycles. The number of phosphoric ester groups is 2. The van der Waals surface area contributed by atoms with Crippen LogP contribution in [0.2, 0.25) is 0 Å². The van der Waals surface area contributed by atoms with E-state index in [2.05, 4.69) is 22.9 Å². The van der Waals surface area contributed by atoms with Crippen LogP contribution in [0.15, 0.2) is 72.9 Å². The van der Waals surface area contributed by atoms with Gasteiger partial charge in [-0.2, -0.15) is 0 Å². The van der Waals surface area contributed by atoms with Gasteiger partial charge in [0.2, 0.25) is 0 Å². The highest BCUT2D eigenvalue weighted by atomic mass is 31.2. The van der Waals surface area contributed by atoms with Crippen LogP contribution in [0, 0.1) is 5.92 Å². The normalized spacial score (nSPS) is 16.5. The first-order valence-corrected chi connectivity index (χ1v) is 23.3. The Morgan fingerprint density at radius 1 is 0.655 bits per heavy atom. The van der Waals surface area contributed by atoms with Crippen LogP contribution in [0.25, 0.3) is 0 Å². The Bertz CT molecular complexity index is 1350. The van der Waals surface area contributed by atoms with Gasteiger partial charge in [0, 0.05) is 12.8 Å². The molecule has 58 heavy (non-hydrogen) atoms. The molecule has 0 fully saturated rings. The van der Waals surface area contributed by atoms with E-state index in [-0.39, 0.29) is 12.8 Å². The van der Waals surface area contributed by atoms with Crippen LogP contribution in [0.1, 0.15) is 117 Å². The molecule has 0 aromatic rings. The predicted octanol–water partition coefficient (Wildman–Crippen LogP) is 7.63. The van der Waals surface area contributed by atoms with Gasteiger partial charge in [-0.1, -0.05) is 139 Å². The van der Waals surface area contributed by atoms with Crippen LogP contribution in [-0.4, -0.2) is 92.8 Å². The van der Waals surface area contributed by atoms with E-state index in [9.17, 15) is 38.9 Å². The summed E-state index contributed by atoms with van der Waals surface area (Å²) < 4.78 is 47.5. The fourth-order valence-electron chi connectivity index (χ4n) is 4.83. The zero-order valence-electron chi connectivity index (χ0n) is 34.5. The number of aliphatic hydroxyl groups is 3. The molecular formula is C41H70O15P2. The van der Waals surface area contributed by atoms with Gasteiger partial charge in [-0.15, -0.1) is 0 Å². The summed E-state index contributed by atoms with van der Waals surface area (Å²) in [6.07, 6.45) is 28.7. The van der Waals surface area contributed by atoms with Crippen molar-refractivity contribution in [3.05, 3.63) is 72.9 Å². The summed E-state index contributed by atoms with van der Waals surface area (Å²) in [5.74, 6) is -0.506. The van der Waals surface area contributed by atoms with E-state index in [0.717, 1.165) is 38.0 Å². The lowest BCUT2D eigenvalue weighted by atomic mass is 10.00. The van der Waals surface area contributed by atoms with Crippen molar-refractivity contribution in [1.82, 2.24) is 0 Å². The Balaban J connectivity index is 4.78. The van der Waals surface area contributed by atoms with E-state index >= 15 is 0 Å². The van der Waals surface area contributed by atoms with Crippen molar-refractivity contribution in [3.63, 3.8) is 0 Å². The Hall–Kier alpha value is -2.52. The number of aliphatic hydroxyl groups excluding tert-OH is 3. The third-order valence-electron chi connectivity index (χ3n) is 8.31. The Morgan fingerprint density at radius 3 is 1.95 bits per heavy atom. The van der Waals surface area contributed by atoms with Gasteiger partial charge in [0.1, 0.15) is 12.7 Å². The number of esters is 2. The van der Waals surface area contributed by atoms with Crippen LogP contribution in [-0.2, 0) is 41.8 Å². The molecule has 2 unspecified atom stereocenters. The summed E-state index contributed by atoms with van der Waals surface area (Å²) in [6.45, 7) is 3.55. The summed E-state index contributed by atoms with van der Waals surface area (Å²) in [5, 5.41) is 29.7. The van der Waals surface area contributed by atoms with Gasteiger partial charge in [-0.05, 0) is 44.4 Å². The minimum atomic E-state index is -4.88. The summed E-state index contributed by atoms with van der Waals surface area (Å²) in [6, 6.07) is 0. The number of allylic oxidation sites excluding steroid dienone is 8. The Morgan fingerprint density at radius 2 is 1.28 bits per heavy atom.